The monoisotopic (exact) mass is 269 g/mol. The maximum atomic E-state index is 11.7. The summed E-state index contributed by atoms with van der Waals surface area (Å²) in [4.78, 5) is 0. The number of aryl methyl sites for hydroxylation is 1. The lowest BCUT2D eigenvalue weighted by Gasteiger charge is -2.19. The molecule has 1 aromatic rings. The molecule has 5 nitrogen and oxygen atoms in total. The zero-order valence-corrected chi connectivity index (χ0v) is 11.5. The largest absolute Gasteiger partial charge is 0.385 e. The Bertz CT molecular complexity index is 526. The fourth-order valence-corrected chi connectivity index (χ4v) is 3.14. The highest BCUT2D eigenvalue weighted by Gasteiger charge is 2.13. The molecule has 1 heterocycles. The number of hydrogen-bond donors (Lipinski definition) is 3. The minimum atomic E-state index is -3.49. The molecule has 18 heavy (non-hydrogen) atoms. The number of nitrogens with one attached hydrogen (secondary N) is 3. The van der Waals surface area contributed by atoms with Crippen molar-refractivity contribution in [3.05, 3.63) is 23.8 Å². The van der Waals surface area contributed by atoms with E-state index in [1.165, 1.54) is 5.56 Å². The van der Waals surface area contributed by atoms with Crippen molar-refractivity contribution in [3.63, 3.8) is 0 Å². The second kappa shape index (κ2) is 5.16. The average Bonchev–Trinajstić information content (AvgIpc) is 2.26. The molecule has 0 unspecified atom stereocenters. The second-order valence-corrected chi connectivity index (χ2v) is 6.23. The van der Waals surface area contributed by atoms with Crippen LogP contribution in [0.25, 0.3) is 0 Å². The van der Waals surface area contributed by atoms with Crippen molar-refractivity contribution >= 4 is 21.6 Å². The molecule has 0 bridgehead atoms. The van der Waals surface area contributed by atoms with Gasteiger partial charge < -0.3 is 5.32 Å². The summed E-state index contributed by atoms with van der Waals surface area (Å²) < 4.78 is 28.5. The van der Waals surface area contributed by atoms with Crippen molar-refractivity contribution in [3.8, 4) is 0 Å². The Morgan fingerprint density at radius 2 is 2.11 bits per heavy atom. The first-order valence-electron chi connectivity index (χ1n) is 6.13. The van der Waals surface area contributed by atoms with Crippen molar-refractivity contribution in [2.45, 2.75) is 32.7 Å². The summed E-state index contributed by atoms with van der Waals surface area (Å²) in [5.41, 5.74) is 2.84. The van der Waals surface area contributed by atoms with E-state index in [0.29, 0.717) is 5.69 Å². The summed E-state index contributed by atoms with van der Waals surface area (Å²) in [7, 11) is -3.49. The van der Waals surface area contributed by atoms with E-state index in [0.717, 1.165) is 25.1 Å². The quantitative estimate of drug-likeness (QED) is 0.779. The fourth-order valence-electron chi connectivity index (χ4n) is 2.02. The van der Waals surface area contributed by atoms with Crippen LogP contribution in [-0.4, -0.2) is 21.0 Å². The number of anilines is 2. The molecular weight excluding hydrogens is 250 g/mol. The zero-order valence-electron chi connectivity index (χ0n) is 10.7. The lowest BCUT2D eigenvalue weighted by atomic mass is 10.0. The van der Waals surface area contributed by atoms with Gasteiger partial charge in [0.15, 0.2) is 0 Å². The van der Waals surface area contributed by atoms with Gasteiger partial charge in [0.2, 0.25) is 0 Å². The summed E-state index contributed by atoms with van der Waals surface area (Å²) in [5, 5.41) is 3.27. The standard InChI is InChI=1S/C12H19N3O2S/c1-9(2)14-18(16,17)15-11-6-5-10-4-3-7-13-12(10)8-11/h5-6,8-9,13-15H,3-4,7H2,1-2H3. The van der Waals surface area contributed by atoms with Gasteiger partial charge in [0.25, 0.3) is 10.2 Å². The summed E-state index contributed by atoms with van der Waals surface area (Å²) in [6.07, 6.45) is 2.16. The Balaban J connectivity index is 2.15. The van der Waals surface area contributed by atoms with E-state index >= 15 is 0 Å². The van der Waals surface area contributed by atoms with Gasteiger partial charge in [-0.15, -0.1) is 0 Å². The maximum Gasteiger partial charge on any atom is 0.299 e. The van der Waals surface area contributed by atoms with Crippen LogP contribution < -0.4 is 14.8 Å². The molecule has 0 fully saturated rings. The van der Waals surface area contributed by atoms with Gasteiger partial charge in [-0.2, -0.15) is 13.1 Å². The fraction of sp³-hybridized carbons (Fsp3) is 0.500. The van der Waals surface area contributed by atoms with Crippen LogP contribution in [0.2, 0.25) is 0 Å². The molecule has 0 aliphatic carbocycles. The highest BCUT2D eigenvalue weighted by Crippen LogP contribution is 2.25. The summed E-state index contributed by atoms with van der Waals surface area (Å²) in [6.45, 7) is 4.51. The van der Waals surface area contributed by atoms with Crippen molar-refractivity contribution in [2.24, 2.45) is 0 Å². The first-order chi connectivity index (χ1) is 8.46. The second-order valence-electron chi connectivity index (χ2n) is 4.78. The lowest BCUT2D eigenvalue weighted by molar-refractivity contribution is 0.575. The zero-order chi connectivity index (χ0) is 13.2. The van der Waals surface area contributed by atoms with Crippen LogP contribution in [0.4, 0.5) is 11.4 Å². The van der Waals surface area contributed by atoms with Crippen LogP contribution in [0.3, 0.4) is 0 Å². The Morgan fingerprint density at radius 1 is 1.33 bits per heavy atom. The molecule has 3 N–H and O–H groups in total. The van der Waals surface area contributed by atoms with Gasteiger partial charge in [-0.1, -0.05) is 6.07 Å². The van der Waals surface area contributed by atoms with Crippen LogP contribution in [-0.2, 0) is 16.6 Å². The molecular formula is C12H19N3O2S. The van der Waals surface area contributed by atoms with Gasteiger partial charge in [0, 0.05) is 18.3 Å². The minimum absolute atomic E-state index is 0.127. The minimum Gasteiger partial charge on any atom is -0.385 e. The SMILES string of the molecule is CC(C)NS(=O)(=O)Nc1ccc2c(c1)NCCC2. The number of rotatable bonds is 4. The van der Waals surface area contributed by atoms with E-state index < -0.39 is 10.2 Å². The lowest BCUT2D eigenvalue weighted by Crippen LogP contribution is -2.35. The average molecular weight is 269 g/mol. The third-order valence-electron chi connectivity index (χ3n) is 2.69. The Morgan fingerprint density at radius 3 is 2.83 bits per heavy atom. The van der Waals surface area contributed by atoms with E-state index in [2.05, 4.69) is 14.8 Å². The van der Waals surface area contributed by atoms with Crippen molar-refractivity contribution < 1.29 is 8.42 Å². The predicted molar refractivity (Wildman–Crippen MR) is 74.1 cm³/mol. The molecule has 0 saturated heterocycles. The van der Waals surface area contributed by atoms with E-state index in [1.807, 2.05) is 12.1 Å². The Labute approximate surface area is 108 Å². The van der Waals surface area contributed by atoms with Gasteiger partial charge in [-0.05, 0) is 44.4 Å². The summed E-state index contributed by atoms with van der Waals surface area (Å²) in [6, 6.07) is 5.48. The van der Waals surface area contributed by atoms with Crippen LogP contribution in [0.1, 0.15) is 25.8 Å². The first-order valence-corrected chi connectivity index (χ1v) is 7.61. The van der Waals surface area contributed by atoms with Gasteiger partial charge in [-0.3, -0.25) is 4.72 Å². The molecule has 0 aromatic heterocycles. The van der Waals surface area contributed by atoms with E-state index in [-0.39, 0.29) is 6.04 Å². The smallest absolute Gasteiger partial charge is 0.299 e. The van der Waals surface area contributed by atoms with Crippen LogP contribution >= 0.6 is 0 Å². The molecule has 0 spiro atoms. The summed E-state index contributed by atoms with van der Waals surface area (Å²) in [5.74, 6) is 0. The van der Waals surface area contributed by atoms with Gasteiger partial charge in [0.05, 0.1) is 5.69 Å². The molecule has 0 amide bonds. The number of fused-ring (bicyclic) bond motifs is 1. The van der Waals surface area contributed by atoms with Crippen LogP contribution in [0, 0.1) is 0 Å². The number of hydrogen-bond acceptors (Lipinski definition) is 3. The van der Waals surface area contributed by atoms with Crippen LogP contribution in [0.15, 0.2) is 18.2 Å². The van der Waals surface area contributed by atoms with E-state index in [9.17, 15) is 8.42 Å². The normalized spacial score (nSPS) is 15.1. The molecule has 0 atom stereocenters. The van der Waals surface area contributed by atoms with Gasteiger partial charge in [-0.25, -0.2) is 0 Å². The molecule has 1 aliphatic rings. The third-order valence-corrected chi connectivity index (χ3v) is 3.98. The van der Waals surface area contributed by atoms with Crippen LogP contribution in [0.5, 0.6) is 0 Å². The third kappa shape index (κ3) is 3.36. The van der Waals surface area contributed by atoms with Crippen molar-refractivity contribution in [2.75, 3.05) is 16.6 Å². The van der Waals surface area contributed by atoms with Gasteiger partial charge >= 0.3 is 0 Å². The molecule has 0 radical (unpaired) electrons. The Hall–Kier alpha value is -1.27. The molecule has 1 aromatic carbocycles. The molecule has 100 valence electrons. The molecule has 0 saturated carbocycles. The predicted octanol–water partition coefficient (Wildman–Crippen LogP) is 1.70. The van der Waals surface area contributed by atoms with E-state index in [4.69, 9.17) is 0 Å². The highest BCUT2D eigenvalue weighted by atomic mass is 32.2. The molecule has 1 aliphatic heterocycles. The maximum absolute atomic E-state index is 11.7. The molecule has 6 heteroatoms. The van der Waals surface area contributed by atoms with E-state index in [1.54, 1.807) is 19.9 Å². The Kier molecular flexibility index (Phi) is 3.77. The topological polar surface area (TPSA) is 70.2 Å². The summed E-state index contributed by atoms with van der Waals surface area (Å²) >= 11 is 0. The first kappa shape index (κ1) is 13.2. The highest BCUT2D eigenvalue weighted by molar-refractivity contribution is 7.90. The van der Waals surface area contributed by atoms with Crippen molar-refractivity contribution in [1.29, 1.82) is 0 Å². The number of benzene rings is 1. The molecule has 2 rings (SSSR count). The van der Waals surface area contributed by atoms with Gasteiger partial charge in [0.1, 0.15) is 0 Å². The van der Waals surface area contributed by atoms with Crippen molar-refractivity contribution in [1.82, 2.24) is 4.72 Å².